The summed E-state index contributed by atoms with van der Waals surface area (Å²) in [5, 5.41) is 5.72. The number of ether oxygens (including phenoxy) is 1. The number of carbonyl (C=O) groups is 2. The van der Waals surface area contributed by atoms with Crippen molar-refractivity contribution in [3.05, 3.63) is 22.7 Å². The fourth-order valence-corrected chi connectivity index (χ4v) is 1.70. The lowest BCUT2D eigenvalue weighted by Crippen LogP contribution is -2.19. The van der Waals surface area contributed by atoms with E-state index >= 15 is 0 Å². The van der Waals surface area contributed by atoms with Gasteiger partial charge in [0, 0.05) is 13.6 Å². The summed E-state index contributed by atoms with van der Waals surface area (Å²) >= 11 is 6.00. The third-order valence-electron chi connectivity index (χ3n) is 2.48. The molecule has 1 aromatic rings. The Hall–Kier alpha value is -1.95. The first-order valence-corrected chi connectivity index (χ1v) is 5.99. The second-order valence-corrected chi connectivity index (χ2v) is 4.16. The molecule has 0 aliphatic carbocycles. The van der Waals surface area contributed by atoms with E-state index < -0.39 is 0 Å². The minimum atomic E-state index is -0.320. The van der Waals surface area contributed by atoms with Gasteiger partial charge in [-0.1, -0.05) is 11.6 Å². The third-order valence-corrected chi connectivity index (χ3v) is 2.80. The first-order chi connectivity index (χ1) is 8.99. The van der Waals surface area contributed by atoms with E-state index in [1.54, 1.807) is 6.07 Å². The van der Waals surface area contributed by atoms with Gasteiger partial charge in [-0.15, -0.1) is 0 Å². The predicted molar refractivity (Wildman–Crippen MR) is 74.4 cm³/mol. The maximum Gasteiger partial charge on any atom is 0.307 e. The summed E-state index contributed by atoms with van der Waals surface area (Å²) in [5.74, 6) is -0.628. The number of methoxy groups -OCH3 is 1. The summed E-state index contributed by atoms with van der Waals surface area (Å²) in [6.45, 7) is 0.368. The number of nitrogens with two attached hydrogens (primary N) is 1. The molecule has 7 heteroatoms. The molecule has 104 valence electrons. The predicted octanol–water partition coefficient (Wildman–Crippen LogP) is 1.26. The van der Waals surface area contributed by atoms with Crippen molar-refractivity contribution in [2.45, 2.75) is 6.42 Å². The molecule has 1 aromatic carbocycles. The van der Waals surface area contributed by atoms with E-state index in [0.717, 1.165) is 0 Å². The number of nitrogen functional groups attached to an aromatic ring is 1. The number of carbonyl (C=O) groups excluding carboxylic acids is 2. The summed E-state index contributed by atoms with van der Waals surface area (Å²) in [7, 11) is 2.84. The topological polar surface area (TPSA) is 93.5 Å². The fourth-order valence-electron chi connectivity index (χ4n) is 1.45. The van der Waals surface area contributed by atoms with Gasteiger partial charge in [0.15, 0.2) is 0 Å². The van der Waals surface area contributed by atoms with Crippen LogP contribution >= 0.6 is 11.6 Å². The van der Waals surface area contributed by atoms with Gasteiger partial charge in [0.05, 0.1) is 35.5 Å². The molecule has 6 nitrogen and oxygen atoms in total. The standard InChI is InChI=1S/C12H16ClN3O3/c1-15-12(18)7-5-9(14)10(6-8(7)13)16-4-3-11(17)19-2/h5-6,16H,3-4,14H2,1-2H3,(H,15,18). The van der Waals surface area contributed by atoms with Gasteiger partial charge in [0.25, 0.3) is 5.91 Å². The monoisotopic (exact) mass is 285 g/mol. The normalized spacial score (nSPS) is 9.84. The zero-order valence-corrected chi connectivity index (χ0v) is 11.5. The van der Waals surface area contributed by atoms with Crippen molar-refractivity contribution in [1.82, 2.24) is 5.32 Å². The molecule has 4 N–H and O–H groups in total. The SMILES string of the molecule is CNC(=O)c1cc(N)c(NCCC(=O)OC)cc1Cl. The molecule has 0 saturated heterocycles. The number of hydrogen-bond acceptors (Lipinski definition) is 5. The van der Waals surface area contributed by atoms with Crippen molar-refractivity contribution in [2.24, 2.45) is 0 Å². The van der Waals surface area contributed by atoms with E-state index in [-0.39, 0.29) is 23.3 Å². The average molecular weight is 286 g/mol. The summed E-state index contributed by atoms with van der Waals surface area (Å²) < 4.78 is 4.52. The van der Waals surface area contributed by atoms with Crippen molar-refractivity contribution in [1.29, 1.82) is 0 Å². The van der Waals surface area contributed by atoms with Crippen LogP contribution in [0.2, 0.25) is 5.02 Å². The zero-order valence-electron chi connectivity index (χ0n) is 10.7. The Morgan fingerprint density at radius 3 is 2.68 bits per heavy atom. The van der Waals surface area contributed by atoms with Gasteiger partial charge in [0.2, 0.25) is 0 Å². The van der Waals surface area contributed by atoms with Crippen LogP contribution in [0.25, 0.3) is 0 Å². The van der Waals surface area contributed by atoms with Gasteiger partial charge in [-0.2, -0.15) is 0 Å². The smallest absolute Gasteiger partial charge is 0.307 e. The van der Waals surface area contributed by atoms with Crippen LogP contribution in [0.1, 0.15) is 16.8 Å². The average Bonchev–Trinajstić information content (AvgIpc) is 2.41. The van der Waals surface area contributed by atoms with Crippen molar-refractivity contribution in [3.63, 3.8) is 0 Å². The second-order valence-electron chi connectivity index (χ2n) is 3.75. The largest absolute Gasteiger partial charge is 0.469 e. The Kier molecular flexibility index (Phi) is 5.44. The number of rotatable bonds is 5. The molecule has 19 heavy (non-hydrogen) atoms. The number of nitrogens with one attached hydrogen (secondary N) is 2. The molecule has 0 unspecified atom stereocenters. The molecule has 0 radical (unpaired) electrons. The Morgan fingerprint density at radius 2 is 2.11 bits per heavy atom. The Labute approximate surface area is 116 Å². The maximum atomic E-state index is 11.5. The molecule has 0 bridgehead atoms. The van der Waals surface area contributed by atoms with Gasteiger partial charge in [-0.25, -0.2) is 0 Å². The Bertz CT molecular complexity index is 491. The molecule has 0 heterocycles. The molecule has 0 atom stereocenters. The van der Waals surface area contributed by atoms with Crippen LogP contribution in [-0.2, 0) is 9.53 Å². The lowest BCUT2D eigenvalue weighted by Gasteiger charge is -2.11. The van der Waals surface area contributed by atoms with E-state index in [1.807, 2.05) is 0 Å². The molecule has 0 fully saturated rings. The van der Waals surface area contributed by atoms with E-state index in [9.17, 15) is 9.59 Å². The quantitative estimate of drug-likeness (QED) is 0.559. The van der Waals surface area contributed by atoms with Gasteiger partial charge >= 0.3 is 5.97 Å². The highest BCUT2D eigenvalue weighted by molar-refractivity contribution is 6.34. The van der Waals surface area contributed by atoms with Gasteiger partial charge in [-0.3, -0.25) is 9.59 Å². The van der Waals surface area contributed by atoms with Gasteiger partial charge in [0.1, 0.15) is 0 Å². The van der Waals surface area contributed by atoms with Crippen LogP contribution in [0.3, 0.4) is 0 Å². The number of amides is 1. The first-order valence-electron chi connectivity index (χ1n) is 5.61. The van der Waals surface area contributed by atoms with Crippen molar-refractivity contribution in [2.75, 3.05) is 31.8 Å². The Balaban J connectivity index is 2.78. The molecule has 0 aliphatic rings. The summed E-state index contributed by atoms with van der Waals surface area (Å²) in [6, 6.07) is 3.04. The van der Waals surface area contributed by atoms with E-state index in [4.69, 9.17) is 17.3 Å². The van der Waals surface area contributed by atoms with Crippen LogP contribution in [0.15, 0.2) is 12.1 Å². The van der Waals surface area contributed by atoms with Gasteiger partial charge < -0.3 is 21.1 Å². The highest BCUT2D eigenvalue weighted by atomic mass is 35.5. The lowest BCUT2D eigenvalue weighted by molar-refractivity contribution is -0.140. The number of hydrogen-bond donors (Lipinski definition) is 3. The van der Waals surface area contributed by atoms with Crippen molar-refractivity contribution in [3.8, 4) is 0 Å². The number of benzene rings is 1. The minimum absolute atomic E-state index is 0.213. The summed E-state index contributed by atoms with van der Waals surface area (Å²) in [6.07, 6.45) is 0.213. The van der Waals surface area contributed by atoms with E-state index in [0.29, 0.717) is 23.5 Å². The van der Waals surface area contributed by atoms with Crippen LogP contribution in [0.4, 0.5) is 11.4 Å². The van der Waals surface area contributed by atoms with Crippen LogP contribution in [0.5, 0.6) is 0 Å². The highest BCUT2D eigenvalue weighted by Gasteiger charge is 2.12. The molecule has 1 amide bonds. The highest BCUT2D eigenvalue weighted by Crippen LogP contribution is 2.27. The lowest BCUT2D eigenvalue weighted by atomic mass is 10.1. The van der Waals surface area contributed by atoms with E-state index in [2.05, 4.69) is 15.4 Å². The van der Waals surface area contributed by atoms with Crippen molar-refractivity contribution < 1.29 is 14.3 Å². The zero-order chi connectivity index (χ0) is 14.4. The molecule has 0 aliphatic heterocycles. The molecule has 0 spiro atoms. The molecule has 0 saturated carbocycles. The molecular weight excluding hydrogens is 270 g/mol. The number of esters is 1. The van der Waals surface area contributed by atoms with Gasteiger partial charge in [-0.05, 0) is 12.1 Å². The fraction of sp³-hybridized carbons (Fsp3) is 0.333. The summed E-state index contributed by atoms with van der Waals surface area (Å²) in [5.41, 5.74) is 7.07. The van der Waals surface area contributed by atoms with Crippen LogP contribution in [0, 0.1) is 0 Å². The Morgan fingerprint density at radius 1 is 1.42 bits per heavy atom. The maximum absolute atomic E-state index is 11.5. The molecule has 0 aromatic heterocycles. The molecular formula is C12H16ClN3O3. The summed E-state index contributed by atoms with van der Waals surface area (Å²) in [4.78, 5) is 22.5. The third kappa shape index (κ3) is 4.03. The second kappa shape index (κ2) is 6.84. The first kappa shape index (κ1) is 15.1. The minimum Gasteiger partial charge on any atom is -0.469 e. The molecule has 1 rings (SSSR count). The number of halogens is 1. The van der Waals surface area contributed by atoms with Crippen LogP contribution < -0.4 is 16.4 Å². The number of anilines is 2. The van der Waals surface area contributed by atoms with Crippen LogP contribution in [-0.4, -0.2) is 32.6 Å². The van der Waals surface area contributed by atoms with E-state index in [1.165, 1.54) is 20.2 Å². The van der Waals surface area contributed by atoms with Crippen molar-refractivity contribution >= 4 is 34.9 Å².